The van der Waals surface area contributed by atoms with Gasteiger partial charge in [0.2, 0.25) is 0 Å². The molecule has 3 aromatic rings. The van der Waals surface area contributed by atoms with Gasteiger partial charge in [-0.05, 0) is 49.7 Å². The van der Waals surface area contributed by atoms with E-state index in [9.17, 15) is 23.1 Å². The molecule has 2 aromatic carbocycles. The van der Waals surface area contributed by atoms with Crippen LogP contribution in [-0.2, 0) is 6.54 Å². The highest BCUT2D eigenvalue weighted by atomic mass is 19.4. The lowest BCUT2D eigenvalue weighted by atomic mass is 10.0. The van der Waals surface area contributed by atoms with Crippen LogP contribution in [0.15, 0.2) is 54.6 Å². The van der Waals surface area contributed by atoms with Crippen LogP contribution in [0.3, 0.4) is 0 Å². The average molecular weight is 404 g/mol. The Labute approximate surface area is 165 Å². The predicted molar refractivity (Wildman–Crippen MR) is 99.7 cm³/mol. The average Bonchev–Trinajstić information content (AvgIpc) is 3.02. The molecule has 0 bridgehead atoms. The molecule has 0 aliphatic heterocycles. The summed E-state index contributed by atoms with van der Waals surface area (Å²) in [5.74, 6) is -1.11. The van der Waals surface area contributed by atoms with Crippen molar-refractivity contribution in [3.05, 3.63) is 82.7 Å². The molecule has 5 nitrogen and oxygen atoms in total. The minimum atomic E-state index is -4.81. The molecular formula is C21H19F3N2O3. The van der Waals surface area contributed by atoms with E-state index in [0.717, 1.165) is 29.0 Å². The second-order valence-electron chi connectivity index (χ2n) is 6.69. The number of carbonyl (C=O) groups excluding carboxylic acids is 1. The summed E-state index contributed by atoms with van der Waals surface area (Å²) in [4.78, 5) is 12.5. The molecule has 1 N–H and O–H groups in total. The third-order valence-electron chi connectivity index (χ3n) is 4.35. The van der Waals surface area contributed by atoms with E-state index in [1.165, 1.54) is 12.1 Å². The fourth-order valence-corrected chi connectivity index (χ4v) is 2.81. The Morgan fingerprint density at radius 2 is 1.72 bits per heavy atom. The van der Waals surface area contributed by atoms with E-state index in [4.69, 9.17) is 0 Å². The Morgan fingerprint density at radius 3 is 2.31 bits per heavy atom. The van der Waals surface area contributed by atoms with Crippen molar-refractivity contribution in [3.63, 3.8) is 0 Å². The molecular weight excluding hydrogens is 385 g/mol. The van der Waals surface area contributed by atoms with Crippen LogP contribution in [0.1, 0.15) is 39.0 Å². The van der Waals surface area contributed by atoms with E-state index >= 15 is 0 Å². The summed E-state index contributed by atoms with van der Waals surface area (Å²) in [7, 11) is 0. The Bertz CT molecular complexity index is 994. The lowest BCUT2D eigenvalue weighted by molar-refractivity contribution is -0.274. The van der Waals surface area contributed by atoms with Crippen molar-refractivity contribution in [1.82, 2.24) is 9.78 Å². The van der Waals surface area contributed by atoms with Gasteiger partial charge < -0.3 is 9.84 Å². The van der Waals surface area contributed by atoms with Crippen LogP contribution in [0, 0.1) is 13.8 Å². The van der Waals surface area contributed by atoms with Gasteiger partial charge in [-0.3, -0.25) is 9.48 Å². The Hall–Kier alpha value is -3.13. The standard InChI is InChI=1S/C21H19F3N2O3/c1-13-3-5-15(6-4-13)12-26-14(2)11-18(25-26)20(28)19(27)16-7-9-17(10-8-16)29-21(22,23)24/h3-11,20,28H,12H2,1-2H3. The Morgan fingerprint density at radius 1 is 1.10 bits per heavy atom. The number of aliphatic hydroxyl groups excluding tert-OH is 1. The summed E-state index contributed by atoms with van der Waals surface area (Å²) in [6, 6.07) is 13.9. The van der Waals surface area contributed by atoms with Crippen molar-refractivity contribution in [2.75, 3.05) is 0 Å². The van der Waals surface area contributed by atoms with Crippen molar-refractivity contribution in [2.24, 2.45) is 0 Å². The molecule has 1 unspecified atom stereocenters. The van der Waals surface area contributed by atoms with Crippen molar-refractivity contribution in [1.29, 1.82) is 0 Å². The smallest absolute Gasteiger partial charge is 0.406 e. The number of halogens is 3. The van der Waals surface area contributed by atoms with Gasteiger partial charge in [0.05, 0.1) is 12.2 Å². The maximum Gasteiger partial charge on any atom is 0.573 e. The first-order valence-electron chi connectivity index (χ1n) is 8.80. The van der Waals surface area contributed by atoms with Gasteiger partial charge in [0, 0.05) is 11.3 Å². The van der Waals surface area contributed by atoms with E-state index in [1.54, 1.807) is 10.7 Å². The van der Waals surface area contributed by atoms with Crippen LogP contribution in [0.5, 0.6) is 5.75 Å². The zero-order valence-corrected chi connectivity index (χ0v) is 15.8. The molecule has 0 aliphatic rings. The van der Waals surface area contributed by atoms with E-state index in [2.05, 4.69) is 9.84 Å². The number of Topliss-reactive ketones (excluding diaryl/α,β-unsaturated/α-hetero) is 1. The Kier molecular flexibility index (Phi) is 5.74. The number of carbonyl (C=O) groups is 1. The number of ether oxygens (including phenoxy) is 1. The van der Waals surface area contributed by atoms with Crippen LogP contribution in [0.2, 0.25) is 0 Å². The van der Waals surface area contributed by atoms with Crippen molar-refractivity contribution in [2.45, 2.75) is 32.9 Å². The number of aliphatic hydroxyl groups is 1. The SMILES string of the molecule is Cc1ccc(Cn2nc(C(O)C(=O)c3ccc(OC(F)(F)F)cc3)cc2C)cc1. The number of rotatable bonds is 6. The fourth-order valence-electron chi connectivity index (χ4n) is 2.81. The van der Waals surface area contributed by atoms with Crippen molar-refractivity contribution >= 4 is 5.78 Å². The minimum absolute atomic E-state index is 0.0535. The van der Waals surface area contributed by atoms with Crippen LogP contribution in [0.4, 0.5) is 13.2 Å². The molecule has 0 fully saturated rings. The number of ketones is 1. The van der Waals surface area contributed by atoms with Gasteiger partial charge in [0.25, 0.3) is 0 Å². The summed E-state index contributed by atoms with van der Waals surface area (Å²) < 4.78 is 42.1. The maximum absolute atomic E-state index is 12.5. The van der Waals surface area contributed by atoms with Crippen LogP contribution < -0.4 is 4.74 Å². The van der Waals surface area contributed by atoms with Crippen LogP contribution in [0.25, 0.3) is 0 Å². The molecule has 0 aliphatic carbocycles. The molecule has 0 saturated carbocycles. The summed E-state index contributed by atoms with van der Waals surface area (Å²) in [5, 5.41) is 14.7. The number of benzene rings is 2. The molecule has 0 radical (unpaired) electrons. The highest BCUT2D eigenvalue weighted by Crippen LogP contribution is 2.25. The molecule has 29 heavy (non-hydrogen) atoms. The summed E-state index contributed by atoms with van der Waals surface area (Å²) >= 11 is 0. The normalized spacial score (nSPS) is 12.6. The molecule has 1 heterocycles. The third kappa shape index (κ3) is 5.23. The number of hydrogen-bond acceptors (Lipinski definition) is 4. The molecule has 3 rings (SSSR count). The van der Waals surface area contributed by atoms with E-state index in [1.807, 2.05) is 38.1 Å². The molecule has 8 heteroatoms. The zero-order valence-electron chi connectivity index (χ0n) is 15.8. The predicted octanol–water partition coefficient (Wildman–Crippen LogP) is 4.36. The van der Waals surface area contributed by atoms with E-state index in [-0.39, 0.29) is 11.3 Å². The number of aryl methyl sites for hydroxylation is 2. The fraction of sp³-hybridized carbons (Fsp3) is 0.238. The van der Waals surface area contributed by atoms with Gasteiger partial charge in [0.1, 0.15) is 5.75 Å². The van der Waals surface area contributed by atoms with Gasteiger partial charge >= 0.3 is 6.36 Å². The summed E-state index contributed by atoms with van der Waals surface area (Å²) in [6.45, 7) is 4.28. The number of nitrogens with zero attached hydrogens (tertiary/aromatic N) is 2. The number of aromatic nitrogens is 2. The third-order valence-corrected chi connectivity index (χ3v) is 4.35. The summed E-state index contributed by atoms with van der Waals surface area (Å²) in [6.07, 6.45) is -6.34. The highest BCUT2D eigenvalue weighted by Gasteiger charge is 2.31. The number of alkyl halides is 3. The second kappa shape index (κ2) is 8.08. The van der Waals surface area contributed by atoms with Gasteiger partial charge in [-0.1, -0.05) is 29.8 Å². The van der Waals surface area contributed by atoms with Crippen LogP contribution in [-0.4, -0.2) is 27.0 Å². The lowest BCUT2D eigenvalue weighted by Gasteiger charge is -2.10. The molecule has 0 saturated heterocycles. The molecule has 1 atom stereocenters. The first-order valence-corrected chi connectivity index (χ1v) is 8.80. The monoisotopic (exact) mass is 404 g/mol. The van der Waals surface area contributed by atoms with Gasteiger partial charge in [-0.25, -0.2) is 0 Å². The first-order chi connectivity index (χ1) is 13.6. The Balaban J connectivity index is 1.73. The second-order valence-corrected chi connectivity index (χ2v) is 6.69. The van der Waals surface area contributed by atoms with Crippen molar-refractivity contribution < 1.29 is 27.8 Å². The van der Waals surface area contributed by atoms with Gasteiger partial charge in [0.15, 0.2) is 11.9 Å². The van der Waals surface area contributed by atoms with E-state index in [0.29, 0.717) is 6.54 Å². The van der Waals surface area contributed by atoms with Gasteiger partial charge in [-0.15, -0.1) is 13.2 Å². The van der Waals surface area contributed by atoms with Gasteiger partial charge in [-0.2, -0.15) is 5.10 Å². The number of hydrogen-bond donors (Lipinski definition) is 1. The summed E-state index contributed by atoms with van der Waals surface area (Å²) in [5.41, 5.74) is 3.16. The highest BCUT2D eigenvalue weighted by molar-refractivity contribution is 5.99. The topological polar surface area (TPSA) is 64.3 Å². The quantitative estimate of drug-likeness (QED) is 0.620. The molecule has 0 amide bonds. The maximum atomic E-state index is 12.5. The minimum Gasteiger partial charge on any atom is -0.406 e. The van der Waals surface area contributed by atoms with Crippen LogP contribution >= 0.6 is 0 Å². The van der Waals surface area contributed by atoms with Crippen molar-refractivity contribution in [3.8, 4) is 5.75 Å². The molecule has 152 valence electrons. The molecule has 0 spiro atoms. The largest absolute Gasteiger partial charge is 0.573 e. The molecule has 1 aromatic heterocycles. The van der Waals surface area contributed by atoms with E-state index < -0.39 is 24.0 Å². The first kappa shape index (κ1) is 20.6. The zero-order chi connectivity index (χ0) is 21.2. The lowest BCUT2D eigenvalue weighted by Crippen LogP contribution is -2.17.